The van der Waals surface area contributed by atoms with E-state index in [4.69, 9.17) is 14.9 Å². The third kappa shape index (κ3) is 4.74. The maximum atomic E-state index is 16.1. The van der Waals surface area contributed by atoms with Crippen molar-refractivity contribution in [1.29, 1.82) is 0 Å². The molecule has 1 aliphatic rings. The van der Waals surface area contributed by atoms with Crippen LogP contribution in [0.2, 0.25) is 0 Å². The summed E-state index contributed by atoms with van der Waals surface area (Å²) >= 11 is 0. The number of carbonyl (C=O) groups excluding carboxylic acids is 2. The summed E-state index contributed by atoms with van der Waals surface area (Å²) in [6.07, 6.45) is 4.88. The molecular weight excluding hydrogens is 542 g/mol. The molecule has 10 heteroatoms. The van der Waals surface area contributed by atoms with Crippen LogP contribution in [-0.2, 0) is 12.0 Å². The number of methoxy groups -OCH3 is 1. The van der Waals surface area contributed by atoms with E-state index in [1.54, 1.807) is 36.7 Å². The summed E-state index contributed by atoms with van der Waals surface area (Å²) in [5.41, 5.74) is 8.49. The summed E-state index contributed by atoms with van der Waals surface area (Å²) in [7, 11) is 1.49. The number of primary amides is 1. The number of nitrogens with two attached hydrogens (primary N) is 1. The number of ether oxygens (including phenoxy) is 1. The minimum Gasteiger partial charge on any atom is -0.496 e. The van der Waals surface area contributed by atoms with Gasteiger partial charge in [-0.05, 0) is 90.6 Å². The second-order valence-electron chi connectivity index (χ2n) is 10.4. The van der Waals surface area contributed by atoms with E-state index in [-0.39, 0.29) is 40.2 Å². The average Bonchev–Trinajstić information content (AvgIpc) is 3.66. The van der Waals surface area contributed by atoms with Gasteiger partial charge in [0.2, 0.25) is 0 Å². The van der Waals surface area contributed by atoms with Crippen LogP contribution in [0.3, 0.4) is 0 Å². The van der Waals surface area contributed by atoms with Gasteiger partial charge in [-0.2, -0.15) is 10.2 Å². The summed E-state index contributed by atoms with van der Waals surface area (Å²) in [6.45, 7) is 1.85. The number of aromatic nitrogens is 2. The van der Waals surface area contributed by atoms with Gasteiger partial charge in [-0.15, -0.1) is 0 Å². The fourth-order valence-electron chi connectivity index (χ4n) is 5.31. The van der Waals surface area contributed by atoms with Crippen molar-refractivity contribution < 1.29 is 27.5 Å². The summed E-state index contributed by atoms with van der Waals surface area (Å²) in [4.78, 5) is 26.0. The molecule has 8 nitrogen and oxygen atoms in total. The first-order chi connectivity index (χ1) is 20.2. The van der Waals surface area contributed by atoms with Gasteiger partial charge in [-0.3, -0.25) is 9.59 Å². The van der Waals surface area contributed by atoms with E-state index in [2.05, 4.69) is 15.5 Å². The number of hydrogen-bond acceptors (Lipinski definition) is 6. The van der Waals surface area contributed by atoms with Crippen LogP contribution in [0.4, 0.5) is 8.78 Å². The number of benzene rings is 3. The topological polar surface area (TPSA) is 120 Å². The van der Waals surface area contributed by atoms with Gasteiger partial charge in [0.05, 0.1) is 35.4 Å². The van der Waals surface area contributed by atoms with Crippen molar-refractivity contribution in [3.63, 3.8) is 0 Å². The van der Waals surface area contributed by atoms with Gasteiger partial charge in [0.15, 0.2) is 0 Å². The smallest absolute Gasteiger partial charge is 0.255 e. The monoisotopic (exact) mass is 568 g/mol. The quantitative estimate of drug-likeness (QED) is 0.252. The Morgan fingerprint density at radius 3 is 2.45 bits per heavy atom. The fourth-order valence-corrected chi connectivity index (χ4v) is 5.31. The average molecular weight is 569 g/mol. The minimum atomic E-state index is -0.873. The number of furan rings is 1. The molecule has 0 unspecified atom stereocenters. The van der Waals surface area contributed by atoms with E-state index >= 15 is 4.39 Å². The number of nitrogens with one attached hydrogen (secondary N) is 1. The van der Waals surface area contributed by atoms with Gasteiger partial charge in [0.1, 0.15) is 28.7 Å². The number of fused-ring (bicyclic) bond motifs is 1. The third-order valence-electron chi connectivity index (χ3n) is 7.75. The molecule has 3 aromatic carbocycles. The van der Waals surface area contributed by atoms with Crippen LogP contribution in [0.15, 0.2) is 71.4 Å². The van der Waals surface area contributed by atoms with Gasteiger partial charge >= 0.3 is 0 Å². The molecule has 3 N–H and O–H groups in total. The number of halogens is 2. The Kier molecular flexibility index (Phi) is 6.68. The first-order valence-corrected chi connectivity index (χ1v) is 13.3. The van der Waals surface area contributed by atoms with Crippen LogP contribution < -0.4 is 15.8 Å². The number of hydrogen-bond donors (Lipinski definition) is 2. The van der Waals surface area contributed by atoms with Crippen LogP contribution in [0.25, 0.3) is 22.3 Å². The largest absolute Gasteiger partial charge is 0.496 e. The van der Waals surface area contributed by atoms with E-state index in [0.29, 0.717) is 22.4 Å². The molecule has 0 atom stereocenters. The van der Waals surface area contributed by atoms with E-state index in [1.807, 2.05) is 13.0 Å². The second kappa shape index (κ2) is 10.4. The molecule has 2 amide bonds. The van der Waals surface area contributed by atoms with Crippen molar-refractivity contribution in [3.8, 4) is 17.1 Å². The molecule has 0 saturated heterocycles. The molecule has 0 radical (unpaired) electrons. The van der Waals surface area contributed by atoms with Crippen LogP contribution >= 0.6 is 0 Å². The van der Waals surface area contributed by atoms with E-state index in [1.165, 1.54) is 31.4 Å². The first-order valence-electron chi connectivity index (χ1n) is 13.3. The highest BCUT2D eigenvalue weighted by Crippen LogP contribution is 2.45. The Bertz CT molecular complexity index is 1850. The van der Waals surface area contributed by atoms with Gasteiger partial charge in [-0.25, -0.2) is 8.78 Å². The van der Waals surface area contributed by atoms with Crippen molar-refractivity contribution in [2.24, 2.45) is 5.73 Å². The lowest BCUT2D eigenvalue weighted by Gasteiger charge is -2.19. The molecule has 2 heterocycles. The number of nitrogens with zero attached hydrogens (tertiary/aromatic N) is 2. The number of amides is 2. The molecule has 1 aliphatic carbocycles. The summed E-state index contributed by atoms with van der Waals surface area (Å²) in [6, 6.07) is 13.7. The highest BCUT2D eigenvalue weighted by molar-refractivity contribution is 6.11. The molecule has 6 rings (SSSR count). The zero-order chi connectivity index (χ0) is 29.6. The molecule has 5 aromatic rings. The van der Waals surface area contributed by atoms with E-state index in [0.717, 1.165) is 24.0 Å². The Labute approximate surface area is 239 Å². The molecule has 2 aromatic heterocycles. The van der Waals surface area contributed by atoms with Gasteiger partial charge < -0.3 is 20.2 Å². The van der Waals surface area contributed by atoms with E-state index < -0.39 is 23.1 Å². The summed E-state index contributed by atoms with van der Waals surface area (Å²) in [5, 5.41) is 10.8. The Balaban J connectivity index is 1.37. The SMILES string of the molecule is COc1cc(C)c(Cc2ccc3oc(-c4ccc(F)cc4)c(C(N)=O)c3c2F)cc1C(=O)NC1(c2ccnnc2)CC1. The van der Waals surface area contributed by atoms with Crippen molar-refractivity contribution in [3.05, 3.63) is 112 Å². The van der Waals surface area contributed by atoms with Crippen LogP contribution in [0, 0.1) is 18.6 Å². The molecule has 1 saturated carbocycles. The molecule has 0 bridgehead atoms. The van der Waals surface area contributed by atoms with Crippen molar-refractivity contribution in [2.75, 3.05) is 7.11 Å². The summed E-state index contributed by atoms with van der Waals surface area (Å²) in [5.74, 6) is -1.87. The standard InChI is InChI=1S/C32H26F2N4O4/c1-17-13-25(41-2)23(31(40)38-32(10-11-32)21-9-12-36-37-16-21)15-20(17)14-19-5-8-24-26(28(19)34)27(30(35)39)29(42-24)18-3-6-22(33)7-4-18/h3-9,12-13,15-16H,10-11,14H2,1-2H3,(H2,35,39)(H,38,40). The zero-order valence-corrected chi connectivity index (χ0v) is 22.8. The predicted molar refractivity (Wildman–Crippen MR) is 151 cm³/mol. The van der Waals surface area contributed by atoms with Crippen LogP contribution in [0.1, 0.15) is 55.8 Å². The van der Waals surface area contributed by atoms with Gasteiger partial charge in [0.25, 0.3) is 11.8 Å². The van der Waals surface area contributed by atoms with Crippen LogP contribution in [-0.4, -0.2) is 29.1 Å². The zero-order valence-electron chi connectivity index (χ0n) is 22.8. The van der Waals surface area contributed by atoms with Crippen molar-refractivity contribution >= 4 is 22.8 Å². The Morgan fingerprint density at radius 2 is 1.81 bits per heavy atom. The minimum absolute atomic E-state index is 0.0508. The second-order valence-corrected chi connectivity index (χ2v) is 10.4. The maximum absolute atomic E-state index is 16.1. The van der Waals surface area contributed by atoms with Gasteiger partial charge in [0, 0.05) is 18.2 Å². The maximum Gasteiger partial charge on any atom is 0.255 e. The van der Waals surface area contributed by atoms with Crippen molar-refractivity contribution in [1.82, 2.24) is 15.5 Å². The highest BCUT2D eigenvalue weighted by Gasteiger charge is 2.46. The molecule has 212 valence electrons. The predicted octanol–water partition coefficient (Wildman–Crippen LogP) is 5.59. The third-order valence-corrected chi connectivity index (χ3v) is 7.75. The fraction of sp³-hybridized carbons (Fsp3) is 0.188. The lowest BCUT2D eigenvalue weighted by atomic mass is 9.95. The van der Waals surface area contributed by atoms with Crippen LogP contribution in [0.5, 0.6) is 5.75 Å². The lowest BCUT2D eigenvalue weighted by Crippen LogP contribution is -2.35. The number of carbonyl (C=O) groups is 2. The normalized spacial score (nSPS) is 13.6. The Morgan fingerprint density at radius 1 is 1.05 bits per heavy atom. The molecule has 0 spiro atoms. The number of aryl methyl sites for hydroxylation is 1. The molecular formula is C32H26F2N4O4. The number of rotatable bonds is 8. The molecule has 0 aliphatic heterocycles. The van der Waals surface area contributed by atoms with Gasteiger partial charge in [-0.1, -0.05) is 6.07 Å². The summed E-state index contributed by atoms with van der Waals surface area (Å²) < 4.78 is 40.9. The molecule has 1 fully saturated rings. The van der Waals surface area contributed by atoms with Crippen molar-refractivity contribution in [2.45, 2.75) is 31.7 Å². The first kappa shape index (κ1) is 27.1. The van der Waals surface area contributed by atoms with E-state index in [9.17, 15) is 14.0 Å². The lowest BCUT2D eigenvalue weighted by molar-refractivity contribution is 0.0926. The highest BCUT2D eigenvalue weighted by atomic mass is 19.1. The Hall–Kier alpha value is -5.12. The molecule has 42 heavy (non-hydrogen) atoms.